The predicted octanol–water partition coefficient (Wildman–Crippen LogP) is 4.96. The molecule has 0 unspecified atom stereocenters. The molecule has 1 aromatic heterocycles. The lowest BCUT2D eigenvalue weighted by Crippen LogP contribution is -2.29. The highest BCUT2D eigenvalue weighted by Gasteiger charge is 2.25. The number of aromatic nitrogens is 1. The Morgan fingerprint density at radius 3 is 2.45 bits per heavy atom. The number of carbonyl (C=O) groups is 1. The van der Waals surface area contributed by atoms with Gasteiger partial charge in [-0.2, -0.15) is 0 Å². The second-order valence-electron chi connectivity index (χ2n) is 8.51. The van der Waals surface area contributed by atoms with E-state index >= 15 is 0 Å². The monoisotopic (exact) mass is 440 g/mol. The Kier molecular flexibility index (Phi) is 6.43. The van der Waals surface area contributed by atoms with E-state index in [1.165, 1.54) is 4.57 Å². The summed E-state index contributed by atoms with van der Waals surface area (Å²) in [5.41, 5.74) is 4.21. The Balaban J connectivity index is 1.72. The fourth-order valence-corrected chi connectivity index (χ4v) is 4.28. The van der Waals surface area contributed by atoms with Gasteiger partial charge in [0.25, 0.3) is 5.56 Å². The quantitative estimate of drug-likeness (QED) is 0.398. The van der Waals surface area contributed by atoms with E-state index in [1.807, 2.05) is 56.3 Å². The highest BCUT2D eigenvalue weighted by Crippen LogP contribution is 2.29. The van der Waals surface area contributed by atoms with Crippen molar-refractivity contribution < 1.29 is 9.90 Å². The van der Waals surface area contributed by atoms with Crippen molar-refractivity contribution in [3.63, 3.8) is 0 Å². The number of ketones is 1. The number of hydrogen-bond acceptors (Lipinski definition) is 4. The fourth-order valence-electron chi connectivity index (χ4n) is 4.28. The zero-order valence-electron chi connectivity index (χ0n) is 19.1. The molecule has 0 fully saturated rings. The van der Waals surface area contributed by atoms with Crippen molar-refractivity contribution in [3.8, 4) is 5.75 Å². The Labute approximate surface area is 193 Å². The maximum absolute atomic E-state index is 13.5. The van der Waals surface area contributed by atoms with Crippen LogP contribution < -0.4 is 10.9 Å². The molecule has 0 saturated carbocycles. The summed E-state index contributed by atoms with van der Waals surface area (Å²) >= 11 is 0. The third-order valence-electron chi connectivity index (χ3n) is 6.15. The van der Waals surface area contributed by atoms with Gasteiger partial charge >= 0.3 is 0 Å². The highest BCUT2D eigenvalue weighted by atomic mass is 16.3. The van der Waals surface area contributed by atoms with Crippen LogP contribution in [0.15, 0.2) is 77.6 Å². The van der Waals surface area contributed by atoms with Crippen LogP contribution in [0.1, 0.15) is 45.1 Å². The first-order chi connectivity index (χ1) is 15.9. The lowest BCUT2D eigenvalue weighted by atomic mass is 9.93. The zero-order valence-corrected chi connectivity index (χ0v) is 19.1. The number of hydrogen-bond donors (Lipinski definition) is 2. The summed E-state index contributed by atoms with van der Waals surface area (Å²) in [4.78, 5) is 26.5. The molecule has 1 heterocycles. The molecule has 0 bridgehead atoms. The number of pyridine rings is 1. The van der Waals surface area contributed by atoms with Crippen LogP contribution in [0.4, 0.5) is 0 Å². The lowest BCUT2D eigenvalue weighted by Gasteiger charge is -2.22. The Bertz CT molecular complexity index is 1370. The van der Waals surface area contributed by atoms with Gasteiger partial charge in [-0.1, -0.05) is 66.2 Å². The first-order valence-electron chi connectivity index (χ1n) is 11.0. The third kappa shape index (κ3) is 4.59. The number of carbonyl (C=O) groups excluding carboxylic acids is 1. The second-order valence-corrected chi connectivity index (χ2v) is 8.51. The average molecular weight is 441 g/mol. The summed E-state index contributed by atoms with van der Waals surface area (Å²) in [5.74, 6) is -0.633. The van der Waals surface area contributed by atoms with E-state index in [0.29, 0.717) is 17.4 Å². The number of nitrogens with one attached hydrogen (secondary N) is 1. The maximum Gasteiger partial charge on any atom is 0.265 e. The van der Waals surface area contributed by atoms with Crippen LogP contribution in [-0.4, -0.2) is 15.5 Å². The summed E-state index contributed by atoms with van der Waals surface area (Å²) in [6.07, 6.45) is 0.0538. The summed E-state index contributed by atoms with van der Waals surface area (Å²) in [7, 11) is 1.62. The fraction of sp³-hybridized carbons (Fsp3) is 0.214. The van der Waals surface area contributed by atoms with Crippen LogP contribution >= 0.6 is 0 Å². The maximum atomic E-state index is 13.5. The molecule has 3 aromatic carbocycles. The smallest absolute Gasteiger partial charge is 0.265 e. The van der Waals surface area contributed by atoms with Gasteiger partial charge in [0.15, 0.2) is 5.78 Å². The van der Waals surface area contributed by atoms with Crippen LogP contribution in [0.25, 0.3) is 10.9 Å². The van der Waals surface area contributed by atoms with Crippen molar-refractivity contribution in [2.24, 2.45) is 7.05 Å². The molecule has 5 heteroatoms. The van der Waals surface area contributed by atoms with Crippen LogP contribution in [-0.2, 0) is 13.6 Å². The standard InChI is InChI=1S/C28H28N2O3/c1-18-13-14-19(2)22(15-18)23(29-17-20-9-5-4-6-10-20)16-25(31)26-27(32)21-11-7-8-12-24(21)30(3)28(26)33/h4-15,23,29,32H,16-17H2,1-3H3/t23-/m1/s1. The topological polar surface area (TPSA) is 71.3 Å². The predicted molar refractivity (Wildman–Crippen MR) is 132 cm³/mol. The number of Topliss-reactive ketones (excluding diaryl/α,β-unsaturated/α-hetero) is 1. The number of nitrogens with zero attached hydrogens (tertiary/aromatic N) is 1. The summed E-state index contributed by atoms with van der Waals surface area (Å²) < 4.78 is 1.42. The minimum Gasteiger partial charge on any atom is -0.506 e. The lowest BCUT2D eigenvalue weighted by molar-refractivity contribution is 0.0963. The minimum atomic E-state index is -0.487. The molecule has 0 radical (unpaired) electrons. The normalized spacial score (nSPS) is 12.1. The van der Waals surface area contributed by atoms with Crippen molar-refractivity contribution >= 4 is 16.7 Å². The molecule has 4 rings (SSSR count). The molecule has 0 spiro atoms. The molecular formula is C28H28N2O3. The molecule has 0 amide bonds. The van der Waals surface area contributed by atoms with Gasteiger partial charge in [0.05, 0.1) is 5.52 Å². The first kappa shape index (κ1) is 22.5. The number of benzene rings is 3. The van der Waals surface area contributed by atoms with Gasteiger partial charge in [-0.15, -0.1) is 0 Å². The Morgan fingerprint density at radius 1 is 1.00 bits per heavy atom. The van der Waals surface area contributed by atoms with E-state index in [1.54, 1.807) is 31.3 Å². The van der Waals surface area contributed by atoms with Crippen molar-refractivity contribution in [2.75, 3.05) is 0 Å². The highest BCUT2D eigenvalue weighted by molar-refractivity contribution is 6.03. The van der Waals surface area contributed by atoms with E-state index in [-0.39, 0.29) is 29.6 Å². The van der Waals surface area contributed by atoms with Gasteiger partial charge in [0, 0.05) is 31.4 Å². The van der Waals surface area contributed by atoms with Crippen LogP contribution in [0.5, 0.6) is 5.75 Å². The largest absolute Gasteiger partial charge is 0.506 e. The van der Waals surface area contributed by atoms with E-state index in [2.05, 4.69) is 11.4 Å². The van der Waals surface area contributed by atoms with Gasteiger partial charge in [0.1, 0.15) is 11.3 Å². The molecule has 5 nitrogen and oxygen atoms in total. The van der Waals surface area contributed by atoms with Gasteiger partial charge < -0.3 is 15.0 Å². The molecule has 0 saturated heterocycles. The number of fused-ring (bicyclic) bond motifs is 1. The summed E-state index contributed by atoms with van der Waals surface area (Å²) in [6.45, 7) is 4.61. The molecule has 168 valence electrons. The first-order valence-corrected chi connectivity index (χ1v) is 11.0. The Hall–Kier alpha value is -3.70. The molecule has 33 heavy (non-hydrogen) atoms. The molecule has 2 N–H and O–H groups in total. The number of aromatic hydroxyl groups is 1. The van der Waals surface area contributed by atoms with E-state index in [0.717, 1.165) is 22.3 Å². The number of rotatable bonds is 7. The summed E-state index contributed by atoms with van der Waals surface area (Å²) in [6, 6.07) is 22.9. The SMILES string of the molecule is Cc1ccc(C)c([C@@H](CC(=O)c2c(O)c3ccccc3n(C)c2=O)NCc2ccccc2)c1. The van der Waals surface area contributed by atoms with Gasteiger partial charge in [0.2, 0.25) is 0 Å². The molecule has 1 atom stereocenters. The molecular weight excluding hydrogens is 412 g/mol. The zero-order chi connectivity index (χ0) is 23.5. The van der Waals surface area contributed by atoms with Gasteiger partial charge in [-0.05, 0) is 42.7 Å². The minimum absolute atomic E-state index is 0.0538. The van der Waals surface area contributed by atoms with Crippen molar-refractivity contribution in [1.29, 1.82) is 0 Å². The summed E-state index contributed by atoms with van der Waals surface area (Å²) in [5, 5.41) is 14.9. The van der Waals surface area contributed by atoms with Gasteiger partial charge in [-0.25, -0.2) is 0 Å². The number of para-hydroxylation sites is 1. The van der Waals surface area contributed by atoms with Crippen LogP contribution in [0, 0.1) is 13.8 Å². The second kappa shape index (κ2) is 9.43. The van der Waals surface area contributed by atoms with Crippen molar-refractivity contribution in [3.05, 3.63) is 111 Å². The molecule has 0 aliphatic carbocycles. The van der Waals surface area contributed by atoms with Crippen molar-refractivity contribution in [2.45, 2.75) is 32.9 Å². The van der Waals surface area contributed by atoms with Gasteiger partial charge in [-0.3, -0.25) is 9.59 Å². The van der Waals surface area contributed by atoms with E-state index < -0.39 is 5.56 Å². The van der Waals surface area contributed by atoms with E-state index in [9.17, 15) is 14.7 Å². The Morgan fingerprint density at radius 2 is 1.70 bits per heavy atom. The molecule has 0 aliphatic heterocycles. The molecule has 0 aliphatic rings. The van der Waals surface area contributed by atoms with E-state index in [4.69, 9.17) is 0 Å². The number of aryl methyl sites for hydroxylation is 3. The average Bonchev–Trinajstić information content (AvgIpc) is 2.82. The van der Waals surface area contributed by atoms with Crippen molar-refractivity contribution in [1.82, 2.24) is 9.88 Å². The van der Waals surface area contributed by atoms with Crippen LogP contribution in [0.2, 0.25) is 0 Å². The molecule has 4 aromatic rings. The third-order valence-corrected chi connectivity index (χ3v) is 6.15. The van der Waals surface area contributed by atoms with Crippen LogP contribution in [0.3, 0.4) is 0 Å².